The number of hydrazine groups is 1. The predicted molar refractivity (Wildman–Crippen MR) is 90.3 cm³/mol. The number of halogens is 1. The number of amides is 2. The molecule has 6 nitrogen and oxygen atoms in total. The summed E-state index contributed by atoms with van der Waals surface area (Å²) in [5.74, 6) is 0.175. The molecule has 2 heterocycles. The molecular formula is C16H23ClN4O2. The van der Waals surface area contributed by atoms with Crippen LogP contribution in [-0.2, 0) is 0 Å². The van der Waals surface area contributed by atoms with Crippen LogP contribution in [0, 0.1) is 5.92 Å². The van der Waals surface area contributed by atoms with Gasteiger partial charge in [0.25, 0.3) is 0 Å². The fourth-order valence-corrected chi connectivity index (χ4v) is 3.65. The number of anilines is 1. The number of urea groups is 1. The van der Waals surface area contributed by atoms with Gasteiger partial charge >= 0.3 is 6.03 Å². The molecule has 126 valence electrons. The van der Waals surface area contributed by atoms with Crippen molar-refractivity contribution < 1.29 is 9.90 Å². The van der Waals surface area contributed by atoms with E-state index in [2.05, 4.69) is 16.2 Å². The minimum atomic E-state index is -0.848. The summed E-state index contributed by atoms with van der Waals surface area (Å²) >= 11 is 5.95. The molecule has 3 rings (SSSR count). The topological polar surface area (TPSA) is 76.6 Å². The lowest BCUT2D eigenvalue weighted by Crippen LogP contribution is -2.54. The van der Waals surface area contributed by atoms with Crippen LogP contribution in [0.1, 0.15) is 20.3 Å². The molecule has 7 heteroatoms. The van der Waals surface area contributed by atoms with Gasteiger partial charge in [0, 0.05) is 35.8 Å². The summed E-state index contributed by atoms with van der Waals surface area (Å²) in [6, 6.07) is 7.17. The Morgan fingerprint density at radius 2 is 2.22 bits per heavy atom. The van der Waals surface area contributed by atoms with Crippen molar-refractivity contribution in [1.82, 2.24) is 15.8 Å². The minimum Gasteiger partial charge on any atom is -0.389 e. The zero-order chi connectivity index (χ0) is 16.6. The number of rotatable bonds is 2. The molecule has 2 amide bonds. The van der Waals surface area contributed by atoms with E-state index in [0.29, 0.717) is 23.8 Å². The monoisotopic (exact) mass is 338 g/mol. The Balaban J connectivity index is 1.66. The predicted octanol–water partition coefficient (Wildman–Crippen LogP) is 1.81. The lowest BCUT2D eigenvalue weighted by Gasteiger charge is -2.38. The molecule has 0 bridgehead atoms. The average Bonchev–Trinajstić information content (AvgIpc) is 2.90. The Morgan fingerprint density at radius 1 is 1.43 bits per heavy atom. The summed E-state index contributed by atoms with van der Waals surface area (Å²) in [6.07, 6.45) is 0.854. The molecular weight excluding hydrogens is 316 g/mol. The van der Waals surface area contributed by atoms with Crippen molar-refractivity contribution in [2.45, 2.75) is 38.0 Å². The third-order valence-electron chi connectivity index (χ3n) is 4.63. The number of carbonyl (C=O) groups is 1. The molecule has 1 aromatic carbocycles. The lowest BCUT2D eigenvalue weighted by atomic mass is 9.81. The van der Waals surface area contributed by atoms with Gasteiger partial charge in [-0.2, -0.15) is 0 Å². The molecule has 23 heavy (non-hydrogen) atoms. The number of nitrogens with zero attached hydrogens (tertiary/aromatic N) is 1. The van der Waals surface area contributed by atoms with E-state index in [1.807, 2.05) is 6.07 Å². The highest BCUT2D eigenvalue weighted by molar-refractivity contribution is 6.30. The SMILES string of the molecule is CC(C)(O)C1NNC2CCN(C(=O)Nc3cccc(Cl)c3)CC21. The number of hydrogen-bond donors (Lipinski definition) is 4. The van der Waals surface area contributed by atoms with Crippen LogP contribution in [-0.4, -0.2) is 46.8 Å². The second-order valence-electron chi connectivity index (χ2n) is 6.87. The third-order valence-corrected chi connectivity index (χ3v) is 4.87. The molecule has 2 aliphatic rings. The van der Waals surface area contributed by atoms with Crippen LogP contribution in [0.2, 0.25) is 5.02 Å². The van der Waals surface area contributed by atoms with E-state index in [1.165, 1.54) is 0 Å². The van der Waals surface area contributed by atoms with E-state index in [0.717, 1.165) is 6.42 Å². The summed E-state index contributed by atoms with van der Waals surface area (Å²) < 4.78 is 0. The van der Waals surface area contributed by atoms with E-state index in [9.17, 15) is 9.90 Å². The van der Waals surface area contributed by atoms with Crippen molar-refractivity contribution in [1.29, 1.82) is 0 Å². The van der Waals surface area contributed by atoms with Crippen molar-refractivity contribution in [2.24, 2.45) is 5.92 Å². The van der Waals surface area contributed by atoms with Crippen LogP contribution in [0.3, 0.4) is 0 Å². The van der Waals surface area contributed by atoms with Gasteiger partial charge in [-0.25, -0.2) is 4.79 Å². The molecule has 3 unspecified atom stereocenters. The smallest absolute Gasteiger partial charge is 0.321 e. The number of carbonyl (C=O) groups excluding carboxylic acids is 1. The van der Waals surface area contributed by atoms with Gasteiger partial charge in [0.05, 0.1) is 11.6 Å². The fraction of sp³-hybridized carbons (Fsp3) is 0.562. The number of likely N-dealkylation sites (tertiary alicyclic amines) is 1. The van der Waals surface area contributed by atoms with Crippen molar-refractivity contribution in [2.75, 3.05) is 18.4 Å². The summed E-state index contributed by atoms with van der Waals surface area (Å²) in [5, 5.41) is 13.8. The molecule has 0 saturated carbocycles. The number of hydrogen-bond acceptors (Lipinski definition) is 4. The summed E-state index contributed by atoms with van der Waals surface area (Å²) in [6.45, 7) is 4.87. The first-order valence-electron chi connectivity index (χ1n) is 7.89. The molecule has 0 radical (unpaired) electrons. The molecule has 0 aromatic heterocycles. The third kappa shape index (κ3) is 3.61. The fourth-order valence-electron chi connectivity index (χ4n) is 3.46. The quantitative estimate of drug-likeness (QED) is 0.663. The van der Waals surface area contributed by atoms with Crippen molar-refractivity contribution >= 4 is 23.3 Å². The first-order chi connectivity index (χ1) is 10.8. The standard InChI is InChI=1S/C16H23ClN4O2/c1-16(2,23)14-12-9-21(7-6-13(12)19-20-14)15(22)18-11-5-3-4-10(17)8-11/h3-5,8,12-14,19-20,23H,6-7,9H2,1-2H3,(H,18,22). The largest absolute Gasteiger partial charge is 0.389 e. The van der Waals surface area contributed by atoms with Crippen LogP contribution in [0.15, 0.2) is 24.3 Å². The van der Waals surface area contributed by atoms with Gasteiger partial charge in [-0.3, -0.25) is 10.9 Å². The van der Waals surface area contributed by atoms with Crippen LogP contribution in [0.5, 0.6) is 0 Å². The average molecular weight is 339 g/mol. The lowest BCUT2D eigenvalue weighted by molar-refractivity contribution is 0.0178. The number of piperidine rings is 1. The summed E-state index contributed by atoms with van der Waals surface area (Å²) in [5.41, 5.74) is 6.26. The maximum atomic E-state index is 12.5. The van der Waals surface area contributed by atoms with Gasteiger partial charge in [-0.15, -0.1) is 0 Å². The van der Waals surface area contributed by atoms with Crippen LogP contribution >= 0.6 is 11.6 Å². The highest BCUT2D eigenvalue weighted by atomic mass is 35.5. The molecule has 1 aromatic rings. The highest BCUT2D eigenvalue weighted by Gasteiger charge is 2.46. The molecule has 4 N–H and O–H groups in total. The van der Waals surface area contributed by atoms with Gasteiger partial charge in [-0.05, 0) is 38.5 Å². The highest BCUT2D eigenvalue weighted by Crippen LogP contribution is 2.30. The van der Waals surface area contributed by atoms with Gasteiger partial charge in [0.1, 0.15) is 0 Å². The van der Waals surface area contributed by atoms with Gasteiger partial charge in [0.2, 0.25) is 0 Å². The molecule has 3 atom stereocenters. The summed E-state index contributed by atoms with van der Waals surface area (Å²) in [4.78, 5) is 14.3. The number of nitrogens with one attached hydrogen (secondary N) is 3. The normalized spacial score (nSPS) is 27.7. The van der Waals surface area contributed by atoms with Gasteiger partial charge in [-0.1, -0.05) is 17.7 Å². The Kier molecular flexibility index (Phi) is 4.51. The second kappa shape index (κ2) is 6.28. The van der Waals surface area contributed by atoms with E-state index < -0.39 is 5.60 Å². The minimum absolute atomic E-state index is 0.0886. The number of aliphatic hydroxyl groups is 1. The zero-order valence-electron chi connectivity index (χ0n) is 13.3. The summed E-state index contributed by atoms with van der Waals surface area (Å²) in [7, 11) is 0. The zero-order valence-corrected chi connectivity index (χ0v) is 14.1. The Morgan fingerprint density at radius 3 is 2.91 bits per heavy atom. The van der Waals surface area contributed by atoms with Crippen molar-refractivity contribution in [3.05, 3.63) is 29.3 Å². The number of fused-ring (bicyclic) bond motifs is 1. The Bertz CT molecular complexity index is 590. The Labute approximate surface area is 141 Å². The van der Waals surface area contributed by atoms with Crippen molar-refractivity contribution in [3.63, 3.8) is 0 Å². The van der Waals surface area contributed by atoms with Gasteiger partial charge in [0.15, 0.2) is 0 Å². The molecule has 0 aliphatic carbocycles. The molecule has 0 spiro atoms. The Hall–Kier alpha value is -1.34. The van der Waals surface area contributed by atoms with Crippen molar-refractivity contribution in [3.8, 4) is 0 Å². The molecule has 2 saturated heterocycles. The molecule has 2 fully saturated rings. The molecule has 2 aliphatic heterocycles. The maximum absolute atomic E-state index is 12.5. The van der Waals surface area contributed by atoms with Crippen LogP contribution in [0.25, 0.3) is 0 Å². The van der Waals surface area contributed by atoms with E-state index >= 15 is 0 Å². The number of benzene rings is 1. The van der Waals surface area contributed by atoms with E-state index in [1.54, 1.807) is 36.9 Å². The van der Waals surface area contributed by atoms with E-state index in [-0.39, 0.29) is 24.0 Å². The second-order valence-corrected chi connectivity index (χ2v) is 7.30. The van der Waals surface area contributed by atoms with Gasteiger partial charge < -0.3 is 15.3 Å². The maximum Gasteiger partial charge on any atom is 0.321 e. The van der Waals surface area contributed by atoms with E-state index in [4.69, 9.17) is 11.6 Å². The van der Waals surface area contributed by atoms with Crippen LogP contribution < -0.4 is 16.2 Å². The van der Waals surface area contributed by atoms with Crippen LogP contribution in [0.4, 0.5) is 10.5 Å². The first-order valence-corrected chi connectivity index (χ1v) is 8.27. The first kappa shape index (κ1) is 16.5.